The molecular weight excluding hydrogens is 315 g/mol. The lowest BCUT2D eigenvalue weighted by Gasteiger charge is -2.14. The maximum absolute atomic E-state index is 13.5. The van der Waals surface area contributed by atoms with Gasteiger partial charge in [0.2, 0.25) is 0 Å². The zero-order chi connectivity index (χ0) is 16.9. The van der Waals surface area contributed by atoms with Crippen LogP contribution in [0.4, 0.5) is 9.18 Å². The number of nitrogens with one attached hydrogen (secondary N) is 2. The standard InChI is InChI=1S/C14H16ClFN2O4/c1-7(2)17-14(21)18-12(19)8(3)22-13(20)10-6-9(15)4-5-11(10)16/h4-8H,1-3H3,(H2,17,18,19,21)/t8-/m1/s1. The van der Waals surface area contributed by atoms with Gasteiger partial charge in [-0.2, -0.15) is 0 Å². The van der Waals surface area contributed by atoms with E-state index in [1.807, 2.05) is 5.32 Å². The number of carbonyl (C=O) groups is 3. The lowest BCUT2D eigenvalue weighted by molar-refractivity contribution is -0.127. The molecule has 0 aromatic heterocycles. The van der Waals surface area contributed by atoms with Crippen LogP contribution < -0.4 is 10.6 Å². The van der Waals surface area contributed by atoms with Crippen molar-refractivity contribution in [3.05, 3.63) is 34.6 Å². The number of urea groups is 1. The van der Waals surface area contributed by atoms with Crippen molar-refractivity contribution in [3.63, 3.8) is 0 Å². The van der Waals surface area contributed by atoms with Gasteiger partial charge in [0.05, 0.1) is 5.56 Å². The Kier molecular flexibility index (Phi) is 6.30. The molecule has 0 aliphatic heterocycles. The normalized spacial score (nSPS) is 11.7. The molecule has 1 rings (SSSR count). The zero-order valence-electron chi connectivity index (χ0n) is 12.3. The summed E-state index contributed by atoms with van der Waals surface area (Å²) in [6.45, 7) is 4.70. The molecule has 0 radical (unpaired) electrons. The highest BCUT2D eigenvalue weighted by molar-refractivity contribution is 6.30. The minimum atomic E-state index is -1.27. The lowest BCUT2D eigenvalue weighted by Crippen LogP contribution is -2.46. The van der Waals surface area contributed by atoms with Crippen LogP contribution in [0.25, 0.3) is 0 Å². The van der Waals surface area contributed by atoms with Crippen LogP contribution in [-0.4, -0.2) is 30.1 Å². The maximum atomic E-state index is 13.5. The van der Waals surface area contributed by atoms with Gasteiger partial charge in [0.25, 0.3) is 5.91 Å². The van der Waals surface area contributed by atoms with Gasteiger partial charge in [-0.3, -0.25) is 10.1 Å². The number of benzene rings is 1. The van der Waals surface area contributed by atoms with Gasteiger partial charge in [0, 0.05) is 11.1 Å². The van der Waals surface area contributed by atoms with Gasteiger partial charge in [-0.25, -0.2) is 14.0 Å². The summed E-state index contributed by atoms with van der Waals surface area (Å²) in [6.07, 6.45) is -1.27. The summed E-state index contributed by atoms with van der Waals surface area (Å²) in [5, 5.41) is 4.60. The Hall–Kier alpha value is -2.15. The molecule has 0 unspecified atom stereocenters. The second-order valence-corrected chi connectivity index (χ2v) is 5.23. The van der Waals surface area contributed by atoms with Crippen LogP contribution in [0.2, 0.25) is 5.02 Å². The summed E-state index contributed by atoms with van der Waals surface area (Å²) in [5.41, 5.74) is -0.390. The third kappa shape index (κ3) is 5.33. The second-order valence-electron chi connectivity index (χ2n) is 4.79. The fraction of sp³-hybridized carbons (Fsp3) is 0.357. The molecule has 1 atom stereocenters. The van der Waals surface area contributed by atoms with E-state index in [0.717, 1.165) is 12.1 Å². The van der Waals surface area contributed by atoms with Crippen molar-refractivity contribution >= 4 is 29.5 Å². The van der Waals surface area contributed by atoms with Crippen molar-refractivity contribution in [1.82, 2.24) is 10.6 Å². The Labute approximate surface area is 132 Å². The summed E-state index contributed by atoms with van der Waals surface area (Å²) in [7, 11) is 0. The Bertz CT molecular complexity index is 592. The molecule has 1 aromatic carbocycles. The molecule has 1 aromatic rings. The molecule has 0 aliphatic carbocycles. The average Bonchev–Trinajstić information content (AvgIpc) is 2.40. The van der Waals surface area contributed by atoms with Crippen molar-refractivity contribution in [2.45, 2.75) is 32.9 Å². The monoisotopic (exact) mass is 330 g/mol. The fourth-order valence-electron chi connectivity index (χ4n) is 1.44. The van der Waals surface area contributed by atoms with Crippen LogP contribution in [0, 0.1) is 5.82 Å². The van der Waals surface area contributed by atoms with E-state index in [9.17, 15) is 18.8 Å². The number of carbonyl (C=O) groups excluding carboxylic acids is 3. The molecule has 0 saturated carbocycles. The van der Waals surface area contributed by atoms with E-state index >= 15 is 0 Å². The maximum Gasteiger partial charge on any atom is 0.341 e. The first-order valence-electron chi connectivity index (χ1n) is 6.48. The third-order valence-corrected chi connectivity index (χ3v) is 2.69. The topological polar surface area (TPSA) is 84.5 Å². The number of ether oxygens (including phenoxy) is 1. The van der Waals surface area contributed by atoms with E-state index in [2.05, 4.69) is 5.32 Å². The minimum absolute atomic E-state index is 0.154. The average molecular weight is 331 g/mol. The van der Waals surface area contributed by atoms with Crippen LogP contribution in [0.15, 0.2) is 18.2 Å². The summed E-state index contributed by atoms with van der Waals surface area (Å²) < 4.78 is 18.3. The Morgan fingerprint density at radius 3 is 2.45 bits per heavy atom. The van der Waals surface area contributed by atoms with Crippen molar-refractivity contribution in [2.24, 2.45) is 0 Å². The van der Waals surface area contributed by atoms with Gasteiger partial charge < -0.3 is 10.1 Å². The van der Waals surface area contributed by atoms with E-state index < -0.39 is 35.4 Å². The molecule has 0 bridgehead atoms. The molecule has 6 nitrogen and oxygen atoms in total. The van der Waals surface area contributed by atoms with Gasteiger partial charge >= 0.3 is 12.0 Å². The van der Waals surface area contributed by atoms with Gasteiger partial charge in [-0.1, -0.05) is 11.6 Å². The Morgan fingerprint density at radius 2 is 1.86 bits per heavy atom. The van der Waals surface area contributed by atoms with Crippen molar-refractivity contribution in [3.8, 4) is 0 Å². The van der Waals surface area contributed by atoms with Crippen molar-refractivity contribution < 1.29 is 23.5 Å². The molecule has 2 N–H and O–H groups in total. The van der Waals surface area contributed by atoms with Crippen LogP contribution in [0.5, 0.6) is 0 Å². The SMILES string of the molecule is CC(C)NC(=O)NC(=O)[C@@H](C)OC(=O)c1cc(Cl)ccc1F. The van der Waals surface area contributed by atoms with Gasteiger partial charge in [-0.05, 0) is 39.0 Å². The number of imide groups is 1. The molecule has 22 heavy (non-hydrogen) atoms. The molecule has 0 spiro atoms. The number of halogens is 2. The summed E-state index contributed by atoms with van der Waals surface area (Å²) in [5.74, 6) is -2.69. The summed E-state index contributed by atoms with van der Waals surface area (Å²) in [6, 6.07) is 2.51. The summed E-state index contributed by atoms with van der Waals surface area (Å²) in [4.78, 5) is 34.8. The quantitative estimate of drug-likeness (QED) is 0.829. The van der Waals surface area contributed by atoms with Gasteiger partial charge in [0.15, 0.2) is 6.10 Å². The van der Waals surface area contributed by atoms with Crippen LogP contribution in [-0.2, 0) is 9.53 Å². The highest BCUT2D eigenvalue weighted by atomic mass is 35.5. The largest absolute Gasteiger partial charge is 0.449 e. The number of hydrogen-bond acceptors (Lipinski definition) is 4. The highest BCUT2D eigenvalue weighted by Crippen LogP contribution is 2.16. The van der Waals surface area contributed by atoms with E-state index in [0.29, 0.717) is 0 Å². The first kappa shape index (κ1) is 17.9. The first-order valence-corrected chi connectivity index (χ1v) is 6.86. The smallest absolute Gasteiger partial charge is 0.341 e. The predicted molar refractivity (Wildman–Crippen MR) is 78.1 cm³/mol. The third-order valence-electron chi connectivity index (χ3n) is 2.46. The minimum Gasteiger partial charge on any atom is -0.449 e. The molecular formula is C14H16ClFN2O4. The zero-order valence-corrected chi connectivity index (χ0v) is 13.0. The van der Waals surface area contributed by atoms with Crippen molar-refractivity contribution in [1.29, 1.82) is 0 Å². The number of esters is 1. The number of hydrogen-bond donors (Lipinski definition) is 2. The van der Waals surface area contributed by atoms with Gasteiger partial charge in [-0.15, -0.1) is 0 Å². The second kappa shape index (κ2) is 7.74. The summed E-state index contributed by atoms with van der Waals surface area (Å²) >= 11 is 5.67. The molecule has 3 amide bonds. The molecule has 0 aliphatic rings. The first-order chi connectivity index (χ1) is 10.2. The Morgan fingerprint density at radius 1 is 1.23 bits per heavy atom. The molecule has 8 heteroatoms. The molecule has 0 saturated heterocycles. The molecule has 120 valence electrons. The number of amides is 3. The molecule has 0 heterocycles. The highest BCUT2D eigenvalue weighted by Gasteiger charge is 2.22. The Balaban J connectivity index is 2.65. The van der Waals surface area contributed by atoms with E-state index in [1.54, 1.807) is 13.8 Å². The van der Waals surface area contributed by atoms with Crippen molar-refractivity contribution in [2.75, 3.05) is 0 Å². The van der Waals surface area contributed by atoms with Crippen LogP contribution in [0.1, 0.15) is 31.1 Å². The lowest BCUT2D eigenvalue weighted by atomic mass is 10.2. The predicted octanol–water partition coefficient (Wildman–Crippen LogP) is 2.26. The van der Waals surface area contributed by atoms with E-state index in [4.69, 9.17) is 16.3 Å². The number of rotatable bonds is 4. The van der Waals surface area contributed by atoms with Gasteiger partial charge in [0.1, 0.15) is 5.82 Å². The van der Waals surface area contributed by atoms with E-state index in [1.165, 1.54) is 13.0 Å². The molecule has 0 fully saturated rings. The van der Waals surface area contributed by atoms with Crippen LogP contribution in [0.3, 0.4) is 0 Å². The van der Waals surface area contributed by atoms with Crippen LogP contribution >= 0.6 is 11.6 Å². The van der Waals surface area contributed by atoms with E-state index in [-0.39, 0.29) is 11.1 Å². The fourth-order valence-corrected chi connectivity index (χ4v) is 1.62.